The minimum Gasteiger partial charge on any atom is -0.481 e. The fourth-order valence-electron chi connectivity index (χ4n) is 10.3. The first-order valence-corrected chi connectivity index (χ1v) is 13.5. The number of hydrogen-bond donors (Lipinski definition) is 3. The van der Waals surface area contributed by atoms with Gasteiger partial charge in [-0.1, -0.05) is 41.0 Å². The van der Waals surface area contributed by atoms with Crippen LogP contribution in [0.2, 0.25) is 0 Å². The van der Waals surface area contributed by atoms with Gasteiger partial charge in [0.2, 0.25) is 0 Å². The normalized spacial score (nSPS) is 52.4. The lowest BCUT2D eigenvalue weighted by Gasteiger charge is -2.68. The van der Waals surface area contributed by atoms with Gasteiger partial charge < -0.3 is 15.3 Å². The Morgan fingerprint density at radius 3 is 2.22 bits per heavy atom. The van der Waals surface area contributed by atoms with Crippen LogP contribution >= 0.6 is 0 Å². The molecule has 4 aliphatic carbocycles. The van der Waals surface area contributed by atoms with Crippen LogP contribution in [0.5, 0.6) is 0 Å². The van der Waals surface area contributed by atoms with E-state index in [0.717, 1.165) is 32.1 Å². The zero-order valence-electron chi connectivity index (χ0n) is 21.3. The maximum Gasteiger partial charge on any atom is 0.306 e. The number of rotatable bonds is 5. The van der Waals surface area contributed by atoms with Crippen LogP contribution in [-0.2, 0) is 4.79 Å². The maximum absolute atomic E-state index is 12.2. The molecule has 3 N–H and O–H groups in total. The lowest BCUT2D eigenvalue weighted by Crippen LogP contribution is -2.66. The standard InChI is InChI=1S/C28H48O4/c1-7-19-23-15-18(29)10-12-27(23,5)22-11-13-26(4)20(16(2)14-17(3)25(30)31)8-9-21(26)24(22)28(19,6)32/h16-24,29,32H,7-15H2,1-6H3,(H,30,31)/t16-,17-,18+,19+,20+,21?,22?,23-,24?,26+,27+,28+/m0/s1. The highest BCUT2D eigenvalue weighted by Crippen LogP contribution is 2.71. The number of carbonyl (C=O) groups is 1. The number of fused-ring (bicyclic) bond motifs is 5. The molecule has 184 valence electrons. The van der Waals surface area contributed by atoms with E-state index in [9.17, 15) is 20.1 Å². The summed E-state index contributed by atoms with van der Waals surface area (Å²) in [6.07, 6.45) is 9.07. The molecule has 0 spiro atoms. The smallest absolute Gasteiger partial charge is 0.306 e. The molecule has 4 nitrogen and oxygen atoms in total. The molecule has 0 aromatic heterocycles. The first-order chi connectivity index (χ1) is 14.9. The van der Waals surface area contributed by atoms with Gasteiger partial charge in [-0.05, 0) is 111 Å². The zero-order valence-corrected chi connectivity index (χ0v) is 21.3. The summed E-state index contributed by atoms with van der Waals surface area (Å²) in [5.41, 5.74) is -0.284. The largest absolute Gasteiger partial charge is 0.481 e. The van der Waals surface area contributed by atoms with Gasteiger partial charge in [-0.2, -0.15) is 0 Å². The quantitative estimate of drug-likeness (QED) is 0.500. The Labute approximate surface area is 195 Å². The van der Waals surface area contributed by atoms with E-state index in [0.29, 0.717) is 35.5 Å². The number of aliphatic carboxylic acids is 1. The lowest BCUT2D eigenvalue weighted by atomic mass is 9.38. The molecular weight excluding hydrogens is 400 g/mol. The predicted molar refractivity (Wildman–Crippen MR) is 127 cm³/mol. The van der Waals surface area contributed by atoms with E-state index in [1.54, 1.807) is 0 Å². The molecule has 0 aliphatic heterocycles. The fraction of sp³-hybridized carbons (Fsp3) is 0.964. The maximum atomic E-state index is 12.2. The molecule has 4 rings (SSSR count). The lowest BCUT2D eigenvalue weighted by molar-refractivity contribution is -0.245. The minimum absolute atomic E-state index is 0.193. The molecule has 4 heteroatoms. The van der Waals surface area contributed by atoms with Crippen LogP contribution in [0.4, 0.5) is 0 Å². The van der Waals surface area contributed by atoms with Gasteiger partial charge in [-0.15, -0.1) is 0 Å². The van der Waals surface area contributed by atoms with Crippen LogP contribution in [0, 0.1) is 58.2 Å². The minimum atomic E-state index is -0.695. The third-order valence-electron chi connectivity index (χ3n) is 11.8. The van der Waals surface area contributed by atoms with E-state index >= 15 is 0 Å². The Bertz CT molecular complexity index is 718. The molecule has 0 heterocycles. The Morgan fingerprint density at radius 2 is 1.59 bits per heavy atom. The summed E-state index contributed by atoms with van der Waals surface area (Å²) in [6, 6.07) is 0. The van der Waals surface area contributed by atoms with Gasteiger partial charge in [0.05, 0.1) is 17.6 Å². The van der Waals surface area contributed by atoms with Gasteiger partial charge in [0.1, 0.15) is 0 Å². The highest BCUT2D eigenvalue weighted by atomic mass is 16.4. The molecule has 0 amide bonds. The topological polar surface area (TPSA) is 77.8 Å². The van der Waals surface area contributed by atoms with Crippen molar-refractivity contribution >= 4 is 5.97 Å². The molecule has 0 radical (unpaired) electrons. The third-order valence-corrected chi connectivity index (χ3v) is 11.8. The SMILES string of the molecule is CC[C@@H]1[C@@H]2C[C@H](O)CC[C@]2(C)C2CC[C@@]3(C)C(CC[C@@H]3[C@@H](C)C[C@H](C)C(=O)O)C2[C@]1(C)O. The number of aliphatic hydroxyl groups is 2. The summed E-state index contributed by atoms with van der Waals surface area (Å²) in [5, 5.41) is 32.2. The van der Waals surface area contributed by atoms with Gasteiger partial charge in [0, 0.05) is 0 Å². The Kier molecular flexibility index (Phi) is 6.32. The summed E-state index contributed by atoms with van der Waals surface area (Å²) in [7, 11) is 0. The van der Waals surface area contributed by atoms with Crippen molar-refractivity contribution in [2.75, 3.05) is 0 Å². The molecule has 0 saturated heterocycles. The fourth-order valence-corrected chi connectivity index (χ4v) is 10.3. The van der Waals surface area contributed by atoms with Crippen molar-refractivity contribution in [3.05, 3.63) is 0 Å². The molecule has 12 atom stereocenters. The van der Waals surface area contributed by atoms with Crippen molar-refractivity contribution in [1.29, 1.82) is 0 Å². The summed E-state index contributed by atoms with van der Waals surface area (Å²) in [5.74, 6) is 1.99. The summed E-state index contributed by atoms with van der Waals surface area (Å²) < 4.78 is 0. The highest BCUT2D eigenvalue weighted by Gasteiger charge is 2.68. The number of aliphatic hydroxyl groups excluding tert-OH is 1. The summed E-state index contributed by atoms with van der Waals surface area (Å²) >= 11 is 0. The Balaban J connectivity index is 1.66. The van der Waals surface area contributed by atoms with Gasteiger partial charge in [0.15, 0.2) is 0 Å². The van der Waals surface area contributed by atoms with Crippen LogP contribution in [-0.4, -0.2) is 33.0 Å². The van der Waals surface area contributed by atoms with Crippen LogP contribution in [0.3, 0.4) is 0 Å². The van der Waals surface area contributed by atoms with Gasteiger partial charge in [0.25, 0.3) is 0 Å². The van der Waals surface area contributed by atoms with Gasteiger partial charge in [-0.3, -0.25) is 4.79 Å². The average molecular weight is 449 g/mol. The molecule has 4 fully saturated rings. The summed E-state index contributed by atoms with van der Waals surface area (Å²) in [4.78, 5) is 11.5. The number of hydrogen-bond acceptors (Lipinski definition) is 3. The van der Waals surface area contributed by atoms with Gasteiger partial charge in [-0.25, -0.2) is 0 Å². The van der Waals surface area contributed by atoms with E-state index in [4.69, 9.17) is 0 Å². The molecule has 3 unspecified atom stereocenters. The van der Waals surface area contributed by atoms with Crippen molar-refractivity contribution in [3.63, 3.8) is 0 Å². The van der Waals surface area contributed by atoms with Crippen molar-refractivity contribution < 1.29 is 20.1 Å². The van der Waals surface area contributed by atoms with Crippen LogP contribution in [0.25, 0.3) is 0 Å². The van der Waals surface area contributed by atoms with E-state index in [1.165, 1.54) is 25.7 Å². The number of carboxylic acid groups (broad SMARTS) is 1. The molecule has 4 aliphatic rings. The molecular formula is C28H48O4. The second-order valence-electron chi connectivity index (χ2n) is 13.2. The second kappa shape index (κ2) is 8.26. The monoisotopic (exact) mass is 448 g/mol. The van der Waals surface area contributed by atoms with Crippen molar-refractivity contribution in [2.45, 2.75) is 111 Å². The summed E-state index contributed by atoms with van der Waals surface area (Å²) in [6.45, 7) is 13.5. The van der Waals surface area contributed by atoms with Crippen LogP contribution in [0.1, 0.15) is 99.3 Å². The van der Waals surface area contributed by atoms with Crippen molar-refractivity contribution in [2.24, 2.45) is 58.2 Å². The molecule has 4 saturated carbocycles. The molecule has 0 aromatic carbocycles. The predicted octanol–water partition coefficient (Wildman–Crippen LogP) is 5.75. The van der Waals surface area contributed by atoms with Crippen molar-refractivity contribution in [3.8, 4) is 0 Å². The first kappa shape index (κ1) is 24.5. The molecule has 0 bridgehead atoms. The van der Waals surface area contributed by atoms with E-state index < -0.39 is 11.6 Å². The van der Waals surface area contributed by atoms with Gasteiger partial charge >= 0.3 is 5.97 Å². The Hall–Kier alpha value is -0.610. The van der Waals surface area contributed by atoms with E-state index in [1.807, 2.05) is 6.92 Å². The zero-order chi connectivity index (χ0) is 23.6. The Morgan fingerprint density at radius 1 is 0.969 bits per heavy atom. The second-order valence-corrected chi connectivity index (χ2v) is 13.2. The van der Waals surface area contributed by atoms with Crippen LogP contribution < -0.4 is 0 Å². The van der Waals surface area contributed by atoms with Crippen molar-refractivity contribution in [1.82, 2.24) is 0 Å². The number of carboxylic acids is 1. The molecule has 32 heavy (non-hydrogen) atoms. The highest BCUT2D eigenvalue weighted by molar-refractivity contribution is 5.69. The third kappa shape index (κ3) is 3.49. The van der Waals surface area contributed by atoms with Crippen LogP contribution in [0.15, 0.2) is 0 Å². The first-order valence-electron chi connectivity index (χ1n) is 13.5. The average Bonchev–Trinajstić information content (AvgIpc) is 3.06. The van der Waals surface area contributed by atoms with E-state index in [-0.39, 0.29) is 28.8 Å². The molecule has 0 aromatic rings. The van der Waals surface area contributed by atoms with E-state index in [2.05, 4.69) is 34.6 Å².